The number of halogens is 2. The molecule has 0 aliphatic carbocycles. The third-order valence-electron chi connectivity index (χ3n) is 3.84. The van der Waals surface area contributed by atoms with Gasteiger partial charge in [0.2, 0.25) is 9.84 Å². The van der Waals surface area contributed by atoms with Gasteiger partial charge in [-0.2, -0.15) is 0 Å². The number of thiophene rings is 1. The number of thioether (sulfide) groups is 1. The maximum absolute atomic E-state index is 13.5. The fourth-order valence-electron chi connectivity index (χ4n) is 2.47. The average molecular weight is 520 g/mol. The van der Waals surface area contributed by atoms with Crippen molar-refractivity contribution in [3.8, 4) is 0 Å². The van der Waals surface area contributed by atoms with Gasteiger partial charge in [-0.15, -0.1) is 27.6 Å². The predicted octanol–water partition coefficient (Wildman–Crippen LogP) is 4.75. The van der Waals surface area contributed by atoms with Gasteiger partial charge in [-0.1, -0.05) is 26.5 Å². The van der Waals surface area contributed by atoms with Gasteiger partial charge >= 0.3 is 0 Å². The van der Waals surface area contributed by atoms with Gasteiger partial charge in [-0.05, 0) is 41.3 Å². The molecular weight excluding hydrogens is 493 g/mol. The highest BCUT2D eigenvalue weighted by molar-refractivity contribution is 8.01. The largest absolute Gasteiger partial charge is 0.386 e. The molecule has 176 valence electrons. The topological polar surface area (TPSA) is 91.0 Å². The molecule has 7 nitrogen and oxygen atoms in total. The number of amidine groups is 1. The second-order valence-electron chi connectivity index (χ2n) is 5.67. The van der Waals surface area contributed by atoms with Gasteiger partial charge in [0.15, 0.2) is 10.9 Å². The summed E-state index contributed by atoms with van der Waals surface area (Å²) >= 11 is 9.10. The van der Waals surface area contributed by atoms with Crippen molar-refractivity contribution in [3.63, 3.8) is 0 Å². The number of rotatable bonds is 4. The van der Waals surface area contributed by atoms with Crippen molar-refractivity contribution in [1.29, 1.82) is 0 Å². The molecule has 1 aromatic heterocycles. The van der Waals surface area contributed by atoms with E-state index in [1.165, 1.54) is 40.1 Å². The lowest BCUT2D eigenvalue weighted by atomic mass is 10.2. The lowest BCUT2D eigenvalue weighted by Crippen LogP contribution is -2.47. The van der Waals surface area contributed by atoms with Crippen LogP contribution in [0.2, 0.25) is 0 Å². The summed E-state index contributed by atoms with van der Waals surface area (Å²) < 4.78 is 40.4. The van der Waals surface area contributed by atoms with Crippen LogP contribution in [-0.4, -0.2) is 39.1 Å². The van der Waals surface area contributed by atoms with Crippen LogP contribution in [0, 0.1) is 5.82 Å². The van der Waals surface area contributed by atoms with Crippen LogP contribution >= 0.6 is 34.9 Å². The van der Waals surface area contributed by atoms with E-state index in [4.69, 9.17) is 17.5 Å². The van der Waals surface area contributed by atoms with Crippen LogP contribution in [0.1, 0.15) is 19.4 Å². The number of benzene rings is 1. The van der Waals surface area contributed by atoms with Gasteiger partial charge in [0.05, 0.1) is 10.5 Å². The van der Waals surface area contributed by atoms with Crippen molar-refractivity contribution < 1.29 is 12.8 Å². The van der Waals surface area contributed by atoms with Crippen molar-refractivity contribution in [2.45, 2.75) is 18.7 Å². The first-order valence-electron chi connectivity index (χ1n) is 9.34. The van der Waals surface area contributed by atoms with Crippen LogP contribution in [0.5, 0.6) is 0 Å². The number of nitrogens with zero attached hydrogens (tertiary/aromatic N) is 3. The number of sulfone groups is 1. The van der Waals surface area contributed by atoms with E-state index >= 15 is 0 Å². The van der Waals surface area contributed by atoms with Crippen LogP contribution in [0.15, 0.2) is 68.4 Å². The molecule has 0 amide bonds. The maximum atomic E-state index is 13.5. The molecule has 0 spiro atoms. The monoisotopic (exact) mass is 519 g/mol. The van der Waals surface area contributed by atoms with E-state index in [2.05, 4.69) is 16.9 Å². The quantitative estimate of drug-likeness (QED) is 0.563. The molecule has 0 bridgehead atoms. The average Bonchev–Trinajstić information content (AvgIpc) is 3.28. The summed E-state index contributed by atoms with van der Waals surface area (Å²) in [6.45, 7) is 7.44. The van der Waals surface area contributed by atoms with Gasteiger partial charge in [-0.3, -0.25) is 4.99 Å². The van der Waals surface area contributed by atoms with E-state index in [1.54, 1.807) is 24.2 Å². The van der Waals surface area contributed by atoms with Crippen LogP contribution in [0.25, 0.3) is 0 Å². The van der Waals surface area contributed by atoms with Crippen LogP contribution in [0.4, 0.5) is 9.39 Å². The first kappa shape index (κ1) is 28.0. The Morgan fingerprint density at radius 2 is 2.03 bits per heavy atom. The summed E-state index contributed by atoms with van der Waals surface area (Å²) in [5.41, 5.74) is 6.76. The number of hydrogen-bond donors (Lipinski definition) is 2. The second kappa shape index (κ2) is 12.9. The molecule has 0 saturated carbocycles. The standard InChI is InChI=1S/C15H15ClFN5O2S2.C3H6S.C2H6/c1-19-13-11-6-7-25-15(11)22(21(2)16)14(20-13)12(18)26(23,24)10-5-3-4-9(17)8-10;1-3-4-2;1-2/h3-8H,18H2,1-2H3,(H,19,20);3H,1H2,2H3;1-2H3/b14-12+;;. The Morgan fingerprint density at radius 3 is 2.53 bits per heavy atom. The number of hydrazine groups is 1. The molecule has 3 N–H and O–H groups in total. The van der Waals surface area contributed by atoms with E-state index < -0.39 is 20.7 Å². The zero-order valence-electron chi connectivity index (χ0n) is 18.5. The number of hydrogen-bond acceptors (Lipinski definition) is 8. The summed E-state index contributed by atoms with van der Waals surface area (Å²) in [6, 6.07) is 6.47. The molecule has 32 heavy (non-hydrogen) atoms. The van der Waals surface area contributed by atoms with Gasteiger partial charge < -0.3 is 11.1 Å². The van der Waals surface area contributed by atoms with Gasteiger partial charge in [0, 0.05) is 25.9 Å². The SMILES string of the molecule is C=CSC.CC.CN=C1N/C(=C(/N)S(=O)(=O)c2cccc(F)c2)N(N(C)Cl)c2sccc21. The van der Waals surface area contributed by atoms with E-state index in [9.17, 15) is 12.8 Å². The zero-order valence-corrected chi connectivity index (χ0v) is 21.7. The van der Waals surface area contributed by atoms with E-state index in [0.29, 0.717) is 10.8 Å². The highest BCUT2D eigenvalue weighted by atomic mass is 35.5. The molecule has 2 heterocycles. The Balaban J connectivity index is 0.000000769. The molecule has 3 rings (SSSR count). The molecule has 0 radical (unpaired) electrons. The Morgan fingerprint density at radius 1 is 1.41 bits per heavy atom. The third kappa shape index (κ3) is 6.26. The minimum Gasteiger partial charge on any atom is -0.386 e. The molecule has 1 aliphatic rings. The van der Waals surface area contributed by atoms with Crippen LogP contribution < -0.4 is 16.1 Å². The summed E-state index contributed by atoms with van der Waals surface area (Å²) in [5.74, 6) is -0.214. The fraction of sp³-hybridized carbons (Fsp3) is 0.250. The van der Waals surface area contributed by atoms with Gasteiger partial charge in [-0.25, -0.2) is 17.8 Å². The molecule has 1 aliphatic heterocycles. The summed E-state index contributed by atoms with van der Waals surface area (Å²) in [6.07, 6.45) is 1.98. The summed E-state index contributed by atoms with van der Waals surface area (Å²) in [7, 11) is -1.07. The Bertz CT molecular complexity index is 1080. The summed E-state index contributed by atoms with van der Waals surface area (Å²) in [5, 5.41) is 8.08. The molecular formula is C20H27ClFN5O2S3. The minimum atomic E-state index is -4.17. The number of nitrogens with two attached hydrogens (primary N) is 1. The van der Waals surface area contributed by atoms with E-state index in [0.717, 1.165) is 17.7 Å². The van der Waals surface area contributed by atoms with E-state index in [-0.39, 0.29) is 10.7 Å². The third-order valence-corrected chi connectivity index (χ3v) is 6.86. The van der Waals surface area contributed by atoms with Gasteiger partial charge in [0.25, 0.3) is 0 Å². The lowest BCUT2D eigenvalue weighted by molar-refractivity contribution is 0.523. The fourth-order valence-corrected chi connectivity index (χ4v) is 4.78. The van der Waals surface area contributed by atoms with Crippen LogP contribution in [0.3, 0.4) is 0 Å². The van der Waals surface area contributed by atoms with Crippen molar-refractivity contribution >= 4 is 55.5 Å². The number of anilines is 1. The molecule has 0 unspecified atom stereocenters. The Kier molecular flexibility index (Phi) is 11.2. The first-order valence-corrected chi connectivity index (χ1v) is 13.3. The lowest BCUT2D eigenvalue weighted by Gasteiger charge is -2.35. The van der Waals surface area contributed by atoms with Crippen molar-refractivity contribution in [3.05, 3.63) is 69.9 Å². The van der Waals surface area contributed by atoms with Crippen molar-refractivity contribution in [2.75, 3.05) is 25.4 Å². The summed E-state index contributed by atoms with van der Waals surface area (Å²) in [4.78, 5) is 3.88. The molecule has 0 atom stereocenters. The van der Waals surface area contributed by atoms with Crippen LogP contribution in [-0.2, 0) is 9.84 Å². The normalized spacial score (nSPS) is 15.6. The highest BCUT2D eigenvalue weighted by Crippen LogP contribution is 2.36. The maximum Gasteiger partial charge on any atom is 0.225 e. The predicted molar refractivity (Wildman–Crippen MR) is 136 cm³/mol. The number of fused-ring (bicyclic) bond motifs is 1. The molecule has 0 fully saturated rings. The van der Waals surface area contributed by atoms with Crippen molar-refractivity contribution in [1.82, 2.24) is 9.84 Å². The first-order chi connectivity index (χ1) is 15.2. The Labute approximate surface area is 202 Å². The zero-order chi connectivity index (χ0) is 24.5. The highest BCUT2D eigenvalue weighted by Gasteiger charge is 2.34. The molecule has 2 aromatic rings. The molecule has 0 saturated heterocycles. The Hall–Kier alpha value is -2.05. The van der Waals surface area contributed by atoms with Crippen molar-refractivity contribution in [2.24, 2.45) is 10.7 Å². The number of aliphatic imine (C=N–C) groups is 1. The minimum absolute atomic E-state index is 0.0160. The number of nitrogens with one attached hydrogen (secondary N) is 1. The van der Waals surface area contributed by atoms with Gasteiger partial charge in [0.1, 0.15) is 16.7 Å². The molecule has 12 heteroatoms. The van der Waals surface area contributed by atoms with E-state index in [1.807, 2.05) is 31.5 Å². The second-order valence-corrected chi connectivity index (χ2v) is 9.78. The smallest absolute Gasteiger partial charge is 0.225 e. The molecule has 1 aromatic carbocycles.